The second-order valence-corrected chi connectivity index (χ2v) is 12.7. The summed E-state index contributed by atoms with van der Waals surface area (Å²) >= 11 is 6.56. The quantitative estimate of drug-likeness (QED) is 0.0325. The standard InChI is InChI=1S/C37H40ClN9O6/c1-2-3-15-30-41-32(38)31(47(30)22-24-16-18-25(19-17-24)26-12-7-8-13-27(26)33-42-45-46-43-33)36(50)39-20-9-14-29(37(51)52)40-34(48)28(35(49)44-53)21-23-10-5-4-6-11-23/h4-8,10-13,16-19,28-29,53H,2-3,9,14-15,20-22H2,1H3,(H,39,50)(H,40,48)(H,44,49)(H,51,52)(H,42,43,45,46). The van der Waals surface area contributed by atoms with Crippen molar-refractivity contribution >= 4 is 35.3 Å². The van der Waals surface area contributed by atoms with Gasteiger partial charge in [-0.3, -0.25) is 19.6 Å². The Bertz CT molecular complexity index is 2000. The van der Waals surface area contributed by atoms with E-state index in [-0.39, 0.29) is 36.7 Å². The van der Waals surface area contributed by atoms with Gasteiger partial charge in [0.05, 0.1) is 0 Å². The number of hydrogen-bond donors (Lipinski definition) is 6. The van der Waals surface area contributed by atoms with Gasteiger partial charge in [-0.2, -0.15) is 0 Å². The second-order valence-electron chi connectivity index (χ2n) is 12.4. The number of nitrogens with one attached hydrogen (secondary N) is 4. The van der Waals surface area contributed by atoms with Crippen LogP contribution in [0.3, 0.4) is 0 Å². The minimum Gasteiger partial charge on any atom is -0.480 e. The molecule has 0 bridgehead atoms. The largest absolute Gasteiger partial charge is 0.480 e. The van der Waals surface area contributed by atoms with Gasteiger partial charge in [0.1, 0.15) is 23.5 Å². The first kappa shape index (κ1) is 38.3. The zero-order chi connectivity index (χ0) is 37.7. The number of tetrazole rings is 1. The minimum absolute atomic E-state index is 0.0443. The molecule has 3 aromatic carbocycles. The average Bonchev–Trinajstić information content (AvgIpc) is 3.82. The molecule has 15 nitrogen and oxygen atoms in total. The van der Waals surface area contributed by atoms with Crippen molar-refractivity contribution in [3.63, 3.8) is 0 Å². The summed E-state index contributed by atoms with van der Waals surface area (Å²) < 4.78 is 1.80. The van der Waals surface area contributed by atoms with E-state index in [1.165, 1.54) is 5.48 Å². The summed E-state index contributed by atoms with van der Waals surface area (Å²) in [6.45, 7) is 2.46. The van der Waals surface area contributed by atoms with Crippen LogP contribution in [0.1, 0.15) is 60.0 Å². The summed E-state index contributed by atoms with van der Waals surface area (Å²) in [5.74, 6) is -3.74. The van der Waals surface area contributed by atoms with Crippen molar-refractivity contribution in [2.24, 2.45) is 5.92 Å². The predicted octanol–water partition coefficient (Wildman–Crippen LogP) is 4.22. The van der Waals surface area contributed by atoms with Gasteiger partial charge in [0.2, 0.25) is 5.91 Å². The molecule has 6 N–H and O–H groups in total. The van der Waals surface area contributed by atoms with E-state index in [1.54, 1.807) is 34.9 Å². The van der Waals surface area contributed by atoms with Crippen molar-refractivity contribution < 1.29 is 29.5 Å². The number of hydroxylamine groups is 1. The van der Waals surface area contributed by atoms with Gasteiger partial charge in [0, 0.05) is 25.1 Å². The third kappa shape index (κ3) is 9.90. The van der Waals surface area contributed by atoms with Crippen molar-refractivity contribution in [2.75, 3.05) is 6.54 Å². The van der Waals surface area contributed by atoms with Gasteiger partial charge in [0.25, 0.3) is 11.8 Å². The van der Waals surface area contributed by atoms with Crippen LogP contribution in [0.15, 0.2) is 78.9 Å². The summed E-state index contributed by atoms with van der Waals surface area (Å²) in [5.41, 5.74) is 5.98. The highest BCUT2D eigenvalue weighted by Gasteiger charge is 2.30. The van der Waals surface area contributed by atoms with Crippen LogP contribution < -0.4 is 16.1 Å². The second kappa shape index (κ2) is 18.5. The third-order valence-corrected chi connectivity index (χ3v) is 8.97. The van der Waals surface area contributed by atoms with Crippen LogP contribution >= 0.6 is 11.6 Å². The number of carboxylic acids is 1. The molecule has 2 heterocycles. The number of H-pyrrole nitrogens is 1. The molecule has 0 fully saturated rings. The Balaban J connectivity index is 1.24. The number of imidazole rings is 1. The number of aryl methyl sites for hydroxylation is 1. The first-order valence-electron chi connectivity index (χ1n) is 17.2. The Morgan fingerprint density at radius 3 is 2.28 bits per heavy atom. The van der Waals surface area contributed by atoms with Gasteiger partial charge in [0.15, 0.2) is 11.0 Å². The molecule has 0 aliphatic rings. The molecule has 0 radical (unpaired) electrons. The molecule has 0 spiro atoms. The number of aliphatic carboxylic acids is 1. The van der Waals surface area contributed by atoms with E-state index in [0.717, 1.165) is 35.1 Å². The number of amides is 3. The normalized spacial score (nSPS) is 12.1. The SMILES string of the molecule is CCCCc1nc(Cl)c(C(=O)NCCCC(NC(=O)C(Cc2ccccc2)C(=O)NO)C(=O)O)n1Cc1ccc(-c2ccccc2-c2nnn[nH]2)cc1. The highest BCUT2D eigenvalue weighted by molar-refractivity contribution is 6.32. The molecular weight excluding hydrogens is 702 g/mol. The summed E-state index contributed by atoms with van der Waals surface area (Å²) in [6.07, 6.45) is 2.46. The molecular formula is C37H40ClN9O6. The smallest absolute Gasteiger partial charge is 0.326 e. The fraction of sp³-hybridized carbons (Fsp3) is 0.297. The number of carboxylic acid groups (broad SMARTS) is 1. The van der Waals surface area contributed by atoms with E-state index in [0.29, 0.717) is 30.2 Å². The van der Waals surface area contributed by atoms with E-state index in [9.17, 15) is 29.5 Å². The lowest BCUT2D eigenvalue weighted by Gasteiger charge is -2.19. The summed E-state index contributed by atoms with van der Waals surface area (Å²) in [7, 11) is 0. The van der Waals surface area contributed by atoms with Crippen molar-refractivity contribution in [3.8, 4) is 22.5 Å². The van der Waals surface area contributed by atoms with E-state index in [4.69, 9.17) is 11.6 Å². The zero-order valence-corrected chi connectivity index (χ0v) is 29.7. The van der Waals surface area contributed by atoms with Crippen LogP contribution in [0, 0.1) is 5.92 Å². The highest BCUT2D eigenvalue weighted by Crippen LogP contribution is 2.30. The molecule has 276 valence electrons. The number of carbonyl (C=O) groups excluding carboxylic acids is 3. The molecule has 0 saturated carbocycles. The number of unbranched alkanes of at least 4 members (excludes halogenated alkanes) is 1. The monoisotopic (exact) mass is 741 g/mol. The van der Waals surface area contributed by atoms with Gasteiger partial charge in [-0.15, -0.1) is 5.10 Å². The number of benzene rings is 3. The topological polar surface area (TPSA) is 217 Å². The lowest BCUT2D eigenvalue weighted by molar-refractivity contribution is -0.146. The van der Waals surface area contributed by atoms with E-state index in [2.05, 4.69) is 43.2 Å². The fourth-order valence-electron chi connectivity index (χ4n) is 5.92. The molecule has 53 heavy (non-hydrogen) atoms. The molecule has 3 amide bonds. The first-order chi connectivity index (χ1) is 25.7. The molecule has 2 unspecified atom stereocenters. The van der Waals surface area contributed by atoms with E-state index in [1.807, 2.05) is 48.5 Å². The van der Waals surface area contributed by atoms with Crippen molar-refractivity contribution in [2.45, 2.75) is 58.0 Å². The van der Waals surface area contributed by atoms with Gasteiger partial charge < -0.3 is 20.3 Å². The van der Waals surface area contributed by atoms with Crippen molar-refractivity contribution in [3.05, 3.63) is 107 Å². The third-order valence-electron chi connectivity index (χ3n) is 8.70. The van der Waals surface area contributed by atoms with Crippen molar-refractivity contribution in [1.29, 1.82) is 0 Å². The summed E-state index contributed by atoms with van der Waals surface area (Å²) in [5, 5.41) is 38.5. The van der Waals surface area contributed by atoms with Crippen LogP contribution in [-0.4, -0.2) is 76.8 Å². The number of hydrogen-bond acceptors (Lipinski definition) is 9. The number of halogens is 1. The Morgan fingerprint density at radius 2 is 1.62 bits per heavy atom. The first-order valence-corrected chi connectivity index (χ1v) is 17.5. The average molecular weight is 742 g/mol. The number of nitrogens with zero attached hydrogens (tertiary/aromatic N) is 5. The zero-order valence-electron chi connectivity index (χ0n) is 29.0. The van der Waals surface area contributed by atoms with Crippen LogP contribution in [0.5, 0.6) is 0 Å². The molecule has 16 heteroatoms. The van der Waals surface area contributed by atoms with E-state index < -0.39 is 35.7 Å². The lowest BCUT2D eigenvalue weighted by Crippen LogP contribution is -2.48. The number of rotatable bonds is 18. The van der Waals surface area contributed by atoms with Gasteiger partial charge in [-0.25, -0.2) is 20.4 Å². The Morgan fingerprint density at radius 1 is 0.906 bits per heavy atom. The van der Waals surface area contributed by atoms with Gasteiger partial charge in [-0.1, -0.05) is 104 Å². The Labute approximate surface area is 310 Å². The molecule has 5 rings (SSSR count). The molecule has 5 aromatic rings. The van der Waals surface area contributed by atoms with Crippen LogP contribution in [0.4, 0.5) is 0 Å². The minimum atomic E-state index is -1.36. The van der Waals surface area contributed by atoms with Gasteiger partial charge in [-0.05, 0) is 58.4 Å². The van der Waals surface area contributed by atoms with Crippen LogP contribution in [0.2, 0.25) is 5.15 Å². The maximum atomic E-state index is 13.6. The van der Waals surface area contributed by atoms with Crippen LogP contribution in [-0.2, 0) is 33.8 Å². The number of carbonyl (C=O) groups is 4. The lowest BCUT2D eigenvalue weighted by atomic mass is 9.97. The van der Waals surface area contributed by atoms with E-state index >= 15 is 0 Å². The number of aromatic amines is 1. The molecule has 0 saturated heterocycles. The summed E-state index contributed by atoms with van der Waals surface area (Å²) in [6, 6.07) is 23.0. The van der Waals surface area contributed by atoms with Crippen molar-refractivity contribution in [1.82, 2.24) is 46.3 Å². The van der Waals surface area contributed by atoms with Gasteiger partial charge >= 0.3 is 5.97 Å². The maximum Gasteiger partial charge on any atom is 0.326 e. The molecule has 0 aliphatic carbocycles. The molecule has 2 aromatic heterocycles. The Kier molecular flexibility index (Phi) is 13.4. The highest BCUT2D eigenvalue weighted by atomic mass is 35.5. The number of aromatic nitrogens is 6. The Hall–Kier alpha value is -5.93. The predicted molar refractivity (Wildman–Crippen MR) is 195 cm³/mol. The molecule has 0 aliphatic heterocycles. The summed E-state index contributed by atoms with van der Waals surface area (Å²) in [4.78, 5) is 55.4. The molecule has 2 atom stereocenters. The van der Waals surface area contributed by atoms with Crippen LogP contribution in [0.25, 0.3) is 22.5 Å². The fourth-order valence-corrected chi connectivity index (χ4v) is 6.21. The maximum absolute atomic E-state index is 13.6.